The molecule has 1 heterocycles. The summed E-state index contributed by atoms with van der Waals surface area (Å²) in [5.74, 6) is -2.83. The molecule has 5 atom stereocenters. The van der Waals surface area contributed by atoms with E-state index in [1.165, 1.54) is 0 Å². The zero-order valence-electron chi connectivity index (χ0n) is 24.1. The standard InChI is InChI=1S/C30H42N4O6/c1-6-9-21(25(35)26(31)36)32-27(37)24-22-20(30(22,4)5)14-34(24)28(38)23(33-29(39)40-15-16(2)3)19-12-17-10-7-8-11-18(17)13-19/h7-8,10-11,16,19-24H,6,9,12-15H2,1-5H3,(H2,31,36)(H,32,37)(H,33,39)/t20-,21?,22-,23+,24+/m1/s1. The highest BCUT2D eigenvalue weighted by Crippen LogP contribution is 2.65. The number of Topliss-reactive ketones (excluding diaryl/α,β-unsaturated/α-hetero) is 1. The number of piperidine rings is 1. The molecule has 4 N–H and O–H groups in total. The van der Waals surface area contributed by atoms with Crippen LogP contribution in [0, 0.1) is 29.1 Å². The minimum atomic E-state index is -1.10. The fourth-order valence-corrected chi connectivity index (χ4v) is 6.60. The van der Waals surface area contributed by atoms with Crippen molar-refractivity contribution in [2.24, 2.45) is 34.8 Å². The molecule has 0 spiro atoms. The van der Waals surface area contributed by atoms with Gasteiger partial charge in [0.2, 0.25) is 17.6 Å². The average molecular weight is 555 g/mol. The van der Waals surface area contributed by atoms with Crippen molar-refractivity contribution in [3.63, 3.8) is 0 Å². The quantitative estimate of drug-likeness (QED) is 0.356. The Labute approximate surface area is 235 Å². The van der Waals surface area contributed by atoms with Gasteiger partial charge < -0.3 is 26.0 Å². The molecule has 1 aromatic rings. The Bertz CT molecular complexity index is 1160. The first-order valence-electron chi connectivity index (χ1n) is 14.3. The monoisotopic (exact) mass is 554 g/mol. The van der Waals surface area contributed by atoms with Gasteiger partial charge in [-0.05, 0) is 59.5 Å². The van der Waals surface area contributed by atoms with Gasteiger partial charge in [0.1, 0.15) is 12.1 Å². The number of rotatable bonds is 11. The maximum Gasteiger partial charge on any atom is 0.407 e. The zero-order chi connectivity index (χ0) is 29.4. The Kier molecular flexibility index (Phi) is 8.56. The SMILES string of the molecule is CCCC(NC(=O)[C@@H]1[C@H]2[C@@H](CN1C(=O)[C@@H](NC(=O)OCC(C)C)C1Cc3ccccc3C1)C2(C)C)C(=O)C(N)=O. The Hall–Kier alpha value is -3.43. The highest BCUT2D eigenvalue weighted by Gasteiger charge is 2.69. The number of nitrogens with one attached hydrogen (secondary N) is 2. The summed E-state index contributed by atoms with van der Waals surface area (Å²) in [7, 11) is 0. The summed E-state index contributed by atoms with van der Waals surface area (Å²) in [6.07, 6.45) is 1.39. The van der Waals surface area contributed by atoms with E-state index in [4.69, 9.17) is 10.5 Å². The van der Waals surface area contributed by atoms with Gasteiger partial charge in [0, 0.05) is 6.54 Å². The number of carbonyl (C=O) groups excluding carboxylic acids is 5. The molecule has 10 heteroatoms. The van der Waals surface area contributed by atoms with Crippen molar-refractivity contribution >= 4 is 29.6 Å². The van der Waals surface area contributed by atoms with Crippen LogP contribution in [-0.2, 0) is 36.8 Å². The van der Waals surface area contributed by atoms with Crippen LogP contribution in [0.5, 0.6) is 0 Å². The highest BCUT2D eigenvalue weighted by atomic mass is 16.5. The third-order valence-electron chi connectivity index (χ3n) is 8.85. The average Bonchev–Trinajstić information content (AvgIpc) is 3.28. The molecule has 0 aromatic heterocycles. The number of hydrogen-bond donors (Lipinski definition) is 3. The van der Waals surface area contributed by atoms with Gasteiger partial charge in [0.05, 0.1) is 12.6 Å². The molecule has 1 aromatic carbocycles. The Morgan fingerprint density at radius 2 is 1.70 bits per heavy atom. The molecule has 4 amide bonds. The van der Waals surface area contributed by atoms with Crippen molar-refractivity contribution in [1.29, 1.82) is 0 Å². The normalized spacial score (nSPS) is 24.1. The van der Waals surface area contributed by atoms with Gasteiger partial charge in [0.15, 0.2) is 0 Å². The van der Waals surface area contributed by atoms with Crippen molar-refractivity contribution in [2.75, 3.05) is 13.2 Å². The first-order valence-corrected chi connectivity index (χ1v) is 14.3. The summed E-state index contributed by atoms with van der Waals surface area (Å²) in [5.41, 5.74) is 7.34. The summed E-state index contributed by atoms with van der Waals surface area (Å²) < 4.78 is 5.37. The lowest BCUT2D eigenvalue weighted by molar-refractivity contribution is -0.144. The fraction of sp³-hybridized carbons (Fsp3) is 0.633. The van der Waals surface area contributed by atoms with Crippen molar-refractivity contribution in [1.82, 2.24) is 15.5 Å². The molecular formula is C30H42N4O6. The van der Waals surface area contributed by atoms with Crippen LogP contribution >= 0.6 is 0 Å². The minimum absolute atomic E-state index is 0.100. The Morgan fingerprint density at radius 3 is 2.25 bits per heavy atom. The number of nitrogens with zero attached hydrogens (tertiary/aromatic N) is 1. The van der Waals surface area contributed by atoms with Crippen LogP contribution in [0.15, 0.2) is 24.3 Å². The predicted molar refractivity (Wildman–Crippen MR) is 148 cm³/mol. The number of primary amides is 1. The van der Waals surface area contributed by atoms with Crippen LogP contribution in [0.25, 0.3) is 0 Å². The number of ketones is 1. The molecular weight excluding hydrogens is 512 g/mol. The van der Waals surface area contributed by atoms with Gasteiger partial charge in [-0.3, -0.25) is 19.2 Å². The van der Waals surface area contributed by atoms with Gasteiger partial charge in [-0.1, -0.05) is 65.3 Å². The fourth-order valence-electron chi connectivity index (χ4n) is 6.60. The molecule has 40 heavy (non-hydrogen) atoms. The number of nitrogens with two attached hydrogens (primary N) is 1. The second-order valence-electron chi connectivity index (χ2n) is 12.5. The van der Waals surface area contributed by atoms with E-state index in [0.717, 1.165) is 11.1 Å². The second-order valence-corrected chi connectivity index (χ2v) is 12.5. The minimum Gasteiger partial charge on any atom is -0.449 e. The van der Waals surface area contributed by atoms with Crippen LogP contribution in [-0.4, -0.2) is 65.8 Å². The second kappa shape index (κ2) is 11.6. The lowest BCUT2D eigenvalue weighted by Crippen LogP contribution is -2.59. The van der Waals surface area contributed by atoms with Crippen molar-refractivity contribution < 1.29 is 28.7 Å². The number of carbonyl (C=O) groups is 5. The molecule has 10 nitrogen and oxygen atoms in total. The van der Waals surface area contributed by atoms with Crippen molar-refractivity contribution in [3.05, 3.63) is 35.4 Å². The molecule has 4 rings (SSSR count). The van der Waals surface area contributed by atoms with E-state index >= 15 is 0 Å². The molecule has 1 unspecified atom stereocenters. The number of amides is 4. The molecule has 3 aliphatic rings. The lowest BCUT2D eigenvalue weighted by Gasteiger charge is -2.35. The van der Waals surface area contributed by atoms with Gasteiger partial charge in [-0.25, -0.2) is 4.79 Å². The van der Waals surface area contributed by atoms with Crippen LogP contribution in [0.1, 0.15) is 58.6 Å². The van der Waals surface area contributed by atoms with Crippen molar-refractivity contribution in [2.45, 2.75) is 78.4 Å². The smallest absolute Gasteiger partial charge is 0.407 e. The maximum absolute atomic E-state index is 14.2. The summed E-state index contributed by atoms with van der Waals surface area (Å²) in [6.45, 7) is 10.4. The van der Waals surface area contributed by atoms with E-state index in [1.807, 2.05) is 45.0 Å². The molecule has 0 bridgehead atoms. The topological polar surface area (TPSA) is 148 Å². The summed E-state index contributed by atoms with van der Waals surface area (Å²) >= 11 is 0. The molecule has 218 valence electrons. The lowest BCUT2D eigenvalue weighted by atomic mass is 9.93. The molecule has 1 saturated heterocycles. The maximum atomic E-state index is 14.2. The largest absolute Gasteiger partial charge is 0.449 e. The third-order valence-corrected chi connectivity index (χ3v) is 8.85. The third kappa shape index (κ3) is 5.86. The first kappa shape index (κ1) is 29.6. The van der Waals surface area contributed by atoms with E-state index in [2.05, 4.69) is 24.5 Å². The van der Waals surface area contributed by atoms with E-state index in [9.17, 15) is 24.0 Å². The van der Waals surface area contributed by atoms with Crippen LogP contribution < -0.4 is 16.4 Å². The van der Waals surface area contributed by atoms with E-state index < -0.39 is 41.8 Å². The Morgan fingerprint density at radius 1 is 1.07 bits per heavy atom. The summed E-state index contributed by atoms with van der Waals surface area (Å²) in [4.78, 5) is 66.3. The van der Waals surface area contributed by atoms with Gasteiger partial charge in [-0.15, -0.1) is 0 Å². The number of hydrogen-bond acceptors (Lipinski definition) is 6. The Balaban J connectivity index is 1.58. The number of likely N-dealkylation sites (tertiary alicyclic amines) is 1. The molecule has 0 radical (unpaired) electrons. The molecule has 1 saturated carbocycles. The van der Waals surface area contributed by atoms with Crippen LogP contribution in [0.4, 0.5) is 4.79 Å². The van der Waals surface area contributed by atoms with E-state index in [-0.39, 0.29) is 48.0 Å². The predicted octanol–water partition coefficient (Wildman–Crippen LogP) is 1.97. The van der Waals surface area contributed by atoms with Crippen molar-refractivity contribution in [3.8, 4) is 0 Å². The van der Waals surface area contributed by atoms with E-state index in [1.54, 1.807) is 4.90 Å². The van der Waals surface area contributed by atoms with E-state index in [0.29, 0.717) is 25.8 Å². The number of benzene rings is 1. The van der Waals surface area contributed by atoms with Gasteiger partial charge in [-0.2, -0.15) is 0 Å². The zero-order valence-corrected chi connectivity index (χ0v) is 24.1. The van der Waals surface area contributed by atoms with Gasteiger partial charge >= 0.3 is 6.09 Å². The highest BCUT2D eigenvalue weighted by molar-refractivity contribution is 6.37. The molecule has 1 aliphatic heterocycles. The number of fused-ring (bicyclic) bond motifs is 2. The molecule has 2 aliphatic carbocycles. The van der Waals surface area contributed by atoms with Crippen LogP contribution in [0.3, 0.4) is 0 Å². The summed E-state index contributed by atoms with van der Waals surface area (Å²) in [5, 5.41) is 5.55. The summed E-state index contributed by atoms with van der Waals surface area (Å²) in [6, 6.07) is 5.21. The number of ether oxygens (including phenoxy) is 1. The van der Waals surface area contributed by atoms with Gasteiger partial charge in [0.25, 0.3) is 5.91 Å². The number of alkyl carbamates (subject to hydrolysis) is 1. The van der Waals surface area contributed by atoms with Crippen LogP contribution in [0.2, 0.25) is 0 Å². The first-order chi connectivity index (χ1) is 18.9. The molecule has 2 fully saturated rings.